The molecule has 0 amide bonds. The van der Waals surface area contributed by atoms with Crippen LogP contribution in [-0.2, 0) is 9.53 Å². The van der Waals surface area contributed by atoms with Gasteiger partial charge in [0, 0.05) is 19.7 Å². The van der Waals surface area contributed by atoms with Crippen molar-refractivity contribution in [3.63, 3.8) is 0 Å². The van der Waals surface area contributed by atoms with E-state index in [2.05, 4.69) is 4.90 Å². The first-order valence-electron chi connectivity index (χ1n) is 5.12. The van der Waals surface area contributed by atoms with Crippen LogP contribution in [0.4, 0.5) is 0 Å². The smallest absolute Gasteiger partial charge is 0.304 e. The van der Waals surface area contributed by atoms with Gasteiger partial charge in [0.15, 0.2) is 0 Å². The topological polar surface area (TPSA) is 49.8 Å². The van der Waals surface area contributed by atoms with Crippen molar-refractivity contribution in [2.75, 3.05) is 20.2 Å². The zero-order valence-corrected chi connectivity index (χ0v) is 8.90. The van der Waals surface area contributed by atoms with Gasteiger partial charge in [0.25, 0.3) is 0 Å². The van der Waals surface area contributed by atoms with Crippen LogP contribution >= 0.6 is 0 Å². The summed E-state index contributed by atoms with van der Waals surface area (Å²) in [7, 11) is 1.72. The lowest BCUT2D eigenvalue weighted by molar-refractivity contribution is -0.138. The van der Waals surface area contributed by atoms with Gasteiger partial charge in [-0.05, 0) is 26.3 Å². The normalized spacial score (nSPS) is 26.0. The summed E-state index contributed by atoms with van der Waals surface area (Å²) >= 11 is 0. The van der Waals surface area contributed by atoms with Gasteiger partial charge in [0.05, 0.1) is 12.5 Å². The van der Waals surface area contributed by atoms with E-state index in [-0.39, 0.29) is 18.6 Å². The Morgan fingerprint density at radius 2 is 2.43 bits per heavy atom. The van der Waals surface area contributed by atoms with E-state index in [9.17, 15) is 4.79 Å². The minimum Gasteiger partial charge on any atom is -0.481 e. The Bertz CT molecular complexity index is 196. The molecule has 2 atom stereocenters. The van der Waals surface area contributed by atoms with E-state index in [1.807, 2.05) is 6.92 Å². The van der Waals surface area contributed by atoms with Gasteiger partial charge in [-0.15, -0.1) is 0 Å². The Kier molecular flexibility index (Phi) is 4.35. The summed E-state index contributed by atoms with van der Waals surface area (Å²) in [5.41, 5.74) is 0. The summed E-state index contributed by atoms with van der Waals surface area (Å²) < 4.78 is 5.29. The minimum atomic E-state index is -0.725. The first-order chi connectivity index (χ1) is 6.63. The molecule has 0 radical (unpaired) electrons. The first-order valence-corrected chi connectivity index (χ1v) is 5.12. The number of hydrogen-bond donors (Lipinski definition) is 1. The van der Waals surface area contributed by atoms with Crippen LogP contribution in [0.5, 0.6) is 0 Å². The Balaban J connectivity index is 2.38. The van der Waals surface area contributed by atoms with Crippen LogP contribution < -0.4 is 0 Å². The van der Waals surface area contributed by atoms with E-state index >= 15 is 0 Å². The molecular formula is C10H19NO3. The maximum atomic E-state index is 10.5. The van der Waals surface area contributed by atoms with Gasteiger partial charge in [0.1, 0.15) is 0 Å². The van der Waals surface area contributed by atoms with Gasteiger partial charge in [-0.1, -0.05) is 0 Å². The Labute approximate surface area is 84.8 Å². The van der Waals surface area contributed by atoms with E-state index in [0.29, 0.717) is 0 Å². The van der Waals surface area contributed by atoms with Crippen molar-refractivity contribution in [3.05, 3.63) is 0 Å². The molecule has 1 N–H and O–H groups in total. The van der Waals surface area contributed by atoms with E-state index in [4.69, 9.17) is 9.84 Å². The Hall–Kier alpha value is -0.610. The first kappa shape index (κ1) is 11.5. The van der Waals surface area contributed by atoms with E-state index in [1.54, 1.807) is 7.11 Å². The second kappa shape index (κ2) is 5.32. The van der Waals surface area contributed by atoms with Crippen molar-refractivity contribution in [2.24, 2.45) is 0 Å². The summed E-state index contributed by atoms with van der Waals surface area (Å²) in [6.07, 6.45) is 2.69. The predicted molar refractivity (Wildman–Crippen MR) is 53.3 cm³/mol. The zero-order chi connectivity index (χ0) is 10.6. The number of carbonyl (C=O) groups is 1. The summed E-state index contributed by atoms with van der Waals surface area (Å²) in [5, 5.41) is 8.68. The lowest BCUT2D eigenvalue weighted by Crippen LogP contribution is -2.44. The van der Waals surface area contributed by atoms with E-state index in [0.717, 1.165) is 25.9 Å². The van der Waals surface area contributed by atoms with Gasteiger partial charge in [0.2, 0.25) is 0 Å². The van der Waals surface area contributed by atoms with Gasteiger partial charge < -0.3 is 9.84 Å². The number of likely N-dealkylation sites (tertiary alicyclic amines) is 1. The highest BCUT2D eigenvalue weighted by molar-refractivity contribution is 5.67. The lowest BCUT2D eigenvalue weighted by Gasteiger charge is -2.35. The molecule has 14 heavy (non-hydrogen) atoms. The highest BCUT2D eigenvalue weighted by Gasteiger charge is 2.24. The van der Waals surface area contributed by atoms with Crippen LogP contribution in [0.25, 0.3) is 0 Å². The summed E-state index contributed by atoms with van der Waals surface area (Å²) in [5.74, 6) is -0.725. The summed E-state index contributed by atoms with van der Waals surface area (Å²) in [4.78, 5) is 12.7. The summed E-state index contributed by atoms with van der Waals surface area (Å²) in [6.45, 7) is 3.82. The molecule has 1 heterocycles. The Morgan fingerprint density at radius 3 is 3.00 bits per heavy atom. The fraction of sp³-hybridized carbons (Fsp3) is 0.900. The third-order valence-corrected chi connectivity index (χ3v) is 2.84. The number of rotatable bonds is 4. The SMILES string of the molecule is COC1CCCN(C(C)CC(=O)O)C1. The second-order valence-corrected chi connectivity index (χ2v) is 3.94. The number of carboxylic acid groups (broad SMARTS) is 1. The van der Waals surface area contributed by atoms with E-state index in [1.165, 1.54) is 0 Å². The molecule has 82 valence electrons. The van der Waals surface area contributed by atoms with Gasteiger partial charge in [-0.2, -0.15) is 0 Å². The standard InChI is InChI=1S/C10H19NO3/c1-8(6-10(12)13)11-5-3-4-9(7-11)14-2/h8-9H,3-7H2,1-2H3,(H,12,13). The molecule has 0 saturated carbocycles. The second-order valence-electron chi connectivity index (χ2n) is 3.94. The third kappa shape index (κ3) is 3.27. The molecule has 4 heteroatoms. The predicted octanol–water partition coefficient (Wildman–Crippen LogP) is 0.960. The number of carboxylic acids is 1. The number of ether oxygens (including phenoxy) is 1. The molecule has 1 aliphatic rings. The maximum Gasteiger partial charge on any atom is 0.304 e. The van der Waals surface area contributed by atoms with Crippen LogP contribution in [0.15, 0.2) is 0 Å². The third-order valence-electron chi connectivity index (χ3n) is 2.84. The largest absolute Gasteiger partial charge is 0.481 e. The monoisotopic (exact) mass is 201 g/mol. The molecule has 1 fully saturated rings. The molecule has 0 aromatic heterocycles. The summed E-state index contributed by atoms with van der Waals surface area (Å²) in [6, 6.07) is 0.116. The van der Waals surface area contributed by atoms with Crippen LogP contribution in [0.1, 0.15) is 26.2 Å². The van der Waals surface area contributed by atoms with Crippen molar-refractivity contribution in [3.8, 4) is 0 Å². The number of piperidine rings is 1. The number of hydrogen-bond acceptors (Lipinski definition) is 3. The van der Waals surface area contributed by atoms with Crippen molar-refractivity contribution in [1.29, 1.82) is 0 Å². The highest BCUT2D eigenvalue weighted by Crippen LogP contribution is 2.16. The lowest BCUT2D eigenvalue weighted by atomic mass is 10.1. The average molecular weight is 201 g/mol. The fourth-order valence-electron chi connectivity index (χ4n) is 1.94. The van der Waals surface area contributed by atoms with E-state index < -0.39 is 5.97 Å². The molecule has 0 bridgehead atoms. The molecule has 2 unspecified atom stereocenters. The van der Waals surface area contributed by atoms with Crippen molar-refractivity contribution in [2.45, 2.75) is 38.3 Å². The number of nitrogens with zero attached hydrogens (tertiary/aromatic N) is 1. The molecule has 1 saturated heterocycles. The van der Waals surface area contributed by atoms with Gasteiger partial charge in [-0.3, -0.25) is 9.69 Å². The molecule has 0 aliphatic carbocycles. The number of aliphatic carboxylic acids is 1. The molecule has 0 spiro atoms. The molecule has 0 aromatic rings. The van der Waals surface area contributed by atoms with Crippen LogP contribution in [0, 0.1) is 0 Å². The number of methoxy groups -OCH3 is 1. The molecule has 1 rings (SSSR count). The molecule has 4 nitrogen and oxygen atoms in total. The molecule has 0 aromatic carbocycles. The fourth-order valence-corrected chi connectivity index (χ4v) is 1.94. The molecular weight excluding hydrogens is 182 g/mol. The van der Waals surface area contributed by atoms with Crippen LogP contribution in [-0.4, -0.2) is 48.3 Å². The average Bonchev–Trinajstić information content (AvgIpc) is 2.17. The van der Waals surface area contributed by atoms with Crippen molar-refractivity contribution in [1.82, 2.24) is 4.90 Å². The molecule has 1 aliphatic heterocycles. The minimum absolute atomic E-state index is 0.116. The van der Waals surface area contributed by atoms with Crippen molar-refractivity contribution < 1.29 is 14.6 Å². The van der Waals surface area contributed by atoms with Gasteiger partial charge >= 0.3 is 5.97 Å². The Morgan fingerprint density at radius 1 is 1.71 bits per heavy atom. The maximum absolute atomic E-state index is 10.5. The van der Waals surface area contributed by atoms with Crippen LogP contribution in [0.3, 0.4) is 0 Å². The van der Waals surface area contributed by atoms with Crippen LogP contribution in [0.2, 0.25) is 0 Å². The van der Waals surface area contributed by atoms with Crippen molar-refractivity contribution >= 4 is 5.97 Å². The van der Waals surface area contributed by atoms with Gasteiger partial charge in [-0.25, -0.2) is 0 Å². The highest BCUT2D eigenvalue weighted by atomic mass is 16.5. The zero-order valence-electron chi connectivity index (χ0n) is 8.90. The quantitative estimate of drug-likeness (QED) is 0.736.